The second-order valence-electron chi connectivity index (χ2n) is 6.02. The average molecular weight is 372 g/mol. The molecule has 0 aliphatic heterocycles. The fraction of sp³-hybridized carbons (Fsp3) is 0.350. The monoisotopic (exact) mass is 372 g/mol. The van der Waals surface area contributed by atoms with Gasteiger partial charge in [-0.15, -0.1) is 0 Å². The predicted molar refractivity (Wildman–Crippen MR) is 99.3 cm³/mol. The topological polar surface area (TPSA) is 78.0 Å². The van der Waals surface area contributed by atoms with E-state index >= 15 is 0 Å². The van der Waals surface area contributed by atoms with Gasteiger partial charge in [-0.3, -0.25) is 14.6 Å². The highest BCUT2D eigenvalue weighted by Crippen LogP contribution is 2.19. The van der Waals surface area contributed by atoms with Crippen LogP contribution in [0.15, 0.2) is 48.8 Å². The lowest BCUT2D eigenvalue weighted by atomic mass is 10.1. The van der Waals surface area contributed by atoms with Crippen LogP contribution in [0.25, 0.3) is 0 Å². The van der Waals surface area contributed by atoms with Crippen molar-refractivity contribution in [3.05, 3.63) is 54.4 Å². The largest absolute Gasteiger partial charge is 0.497 e. The maximum absolute atomic E-state index is 12.7. The summed E-state index contributed by atoms with van der Waals surface area (Å²) in [7, 11) is 2.90. The standard InChI is InChI=1S/C20H24N2O5/c1-15(20(24)26-3)12-22(13-16-7-9-21-10-8-16)19(23)14-27-18-6-4-5-17(11-18)25-2/h4-11,15H,12-14H2,1-3H3. The number of rotatable bonds is 9. The van der Waals surface area contributed by atoms with Crippen molar-refractivity contribution in [2.24, 2.45) is 5.92 Å². The Kier molecular flexibility index (Phi) is 7.61. The van der Waals surface area contributed by atoms with Crippen molar-refractivity contribution in [3.8, 4) is 11.5 Å². The first-order valence-corrected chi connectivity index (χ1v) is 8.55. The van der Waals surface area contributed by atoms with E-state index in [0.717, 1.165) is 5.56 Å². The van der Waals surface area contributed by atoms with E-state index in [4.69, 9.17) is 14.2 Å². The van der Waals surface area contributed by atoms with Crippen LogP contribution in [0.2, 0.25) is 0 Å². The maximum Gasteiger partial charge on any atom is 0.310 e. The molecule has 0 fully saturated rings. The van der Waals surface area contributed by atoms with Crippen molar-refractivity contribution in [2.75, 3.05) is 27.4 Å². The van der Waals surface area contributed by atoms with Crippen molar-refractivity contribution in [1.82, 2.24) is 9.88 Å². The number of ether oxygens (including phenoxy) is 3. The van der Waals surface area contributed by atoms with Gasteiger partial charge >= 0.3 is 5.97 Å². The Hall–Kier alpha value is -3.09. The smallest absolute Gasteiger partial charge is 0.310 e. The van der Waals surface area contributed by atoms with Gasteiger partial charge in [-0.05, 0) is 29.8 Å². The average Bonchev–Trinajstić information content (AvgIpc) is 2.71. The quantitative estimate of drug-likeness (QED) is 0.629. The summed E-state index contributed by atoms with van der Waals surface area (Å²) < 4.78 is 15.5. The van der Waals surface area contributed by atoms with E-state index < -0.39 is 5.92 Å². The van der Waals surface area contributed by atoms with E-state index in [1.54, 1.807) is 55.6 Å². The van der Waals surface area contributed by atoms with Gasteiger partial charge in [0.25, 0.3) is 5.91 Å². The first kappa shape index (κ1) is 20.2. The van der Waals surface area contributed by atoms with E-state index in [1.165, 1.54) is 7.11 Å². The van der Waals surface area contributed by atoms with Gasteiger partial charge in [0, 0.05) is 31.5 Å². The highest BCUT2D eigenvalue weighted by atomic mass is 16.5. The van der Waals surface area contributed by atoms with Crippen LogP contribution in [-0.2, 0) is 20.9 Å². The molecule has 0 radical (unpaired) electrons. The number of hydrogen-bond acceptors (Lipinski definition) is 6. The van der Waals surface area contributed by atoms with Crippen molar-refractivity contribution < 1.29 is 23.8 Å². The molecule has 0 bridgehead atoms. The molecular weight excluding hydrogens is 348 g/mol. The molecule has 0 N–H and O–H groups in total. The zero-order chi connectivity index (χ0) is 19.6. The van der Waals surface area contributed by atoms with Gasteiger partial charge in [-0.1, -0.05) is 13.0 Å². The number of benzene rings is 1. The molecule has 0 aliphatic rings. The molecule has 0 saturated carbocycles. The molecule has 2 aromatic rings. The summed E-state index contributed by atoms with van der Waals surface area (Å²) in [6.45, 7) is 2.16. The van der Waals surface area contributed by atoms with Crippen LogP contribution in [0, 0.1) is 5.92 Å². The van der Waals surface area contributed by atoms with E-state index in [0.29, 0.717) is 18.0 Å². The van der Waals surface area contributed by atoms with Crippen LogP contribution in [-0.4, -0.2) is 49.1 Å². The lowest BCUT2D eigenvalue weighted by molar-refractivity contribution is -0.147. The highest BCUT2D eigenvalue weighted by molar-refractivity contribution is 5.79. The Morgan fingerprint density at radius 3 is 2.48 bits per heavy atom. The first-order chi connectivity index (χ1) is 13.0. The first-order valence-electron chi connectivity index (χ1n) is 8.55. The Labute approximate surface area is 158 Å². The van der Waals surface area contributed by atoms with Crippen molar-refractivity contribution in [2.45, 2.75) is 13.5 Å². The van der Waals surface area contributed by atoms with Crippen LogP contribution in [0.3, 0.4) is 0 Å². The molecule has 1 unspecified atom stereocenters. The minimum Gasteiger partial charge on any atom is -0.497 e. The maximum atomic E-state index is 12.7. The third-order valence-corrected chi connectivity index (χ3v) is 3.98. The molecule has 1 aromatic carbocycles. The molecule has 0 saturated heterocycles. The molecule has 1 amide bonds. The van der Waals surface area contributed by atoms with Crippen LogP contribution in [0.4, 0.5) is 0 Å². The number of carbonyl (C=O) groups excluding carboxylic acids is 2. The molecule has 144 valence electrons. The van der Waals surface area contributed by atoms with Crippen LogP contribution in [0.1, 0.15) is 12.5 Å². The highest BCUT2D eigenvalue weighted by Gasteiger charge is 2.22. The number of nitrogens with zero attached hydrogens (tertiary/aromatic N) is 2. The number of hydrogen-bond donors (Lipinski definition) is 0. The van der Waals surface area contributed by atoms with Gasteiger partial charge in [0.2, 0.25) is 0 Å². The zero-order valence-electron chi connectivity index (χ0n) is 15.8. The molecule has 27 heavy (non-hydrogen) atoms. The summed E-state index contributed by atoms with van der Waals surface area (Å²) >= 11 is 0. The lowest BCUT2D eigenvalue weighted by Gasteiger charge is -2.25. The molecule has 1 heterocycles. The van der Waals surface area contributed by atoms with E-state index in [-0.39, 0.29) is 25.0 Å². The van der Waals surface area contributed by atoms with Crippen molar-refractivity contribution in [3.63, 3.8) is 0 Å². The number of methoxy groups -OCH3 is 2. The van der Waals surface area contributed by atoms with E-state index in [1.807, 2.05) is 12.1 Å². The normalized spacial score (nSPS) is 11.4. The molecular formula is C20H24N2O5. The van der Waals surface area contributed by atoms with Gasteiger partial charge in [0.1, 0.15) is 11.5 Å². The Morgan fingerprint density at radius 1 is 1.11 bits per heavy atom. The van der Waals surface area contributed by atoms with Gasteiger partial charge in [-0.2, -0.15) is 0 Å². The molecule has 1 aromatic heterocycles. The van der Waals surface area contributed by atoms with Gasteiger partial charge in [0.05, 0.1) is 20.1 Å². The third kappa shape index (κ3) is 6.29. The number of pyridine rings is 1. The van der Waals surface area contributed by atoms with E-state index in [2.05, 4.69) is 4.98 Å². The van der Waals surface area contributed by atoms with Crippen LogP contribution >= 0.6 is 0 Å². The van der Waals surface area contributed by atoms with E-state index in [9.17, 15) is 9.59 Å². The minimum atomic E-state index is -0.447. The molecule has 0 aliphatic carbocycles. The van der Waals surface area contributed by atoms with Crippen molar-refractivity contribution in [1.29, 1.82) is 0 Å². The summed E-state index contributed by atoms with van der Waals surface area (Å²) in [5.74, 6) is 0.139. The fourth-order valence-corrected chi connectivity index (χ4v) is 2.50. The lowest BCUT2D eigenvalue weighted by Crippen LogP contribution is -2.39. The molecule has 0 spiro atoms. The summed E-state index contributed by atoms with van der Waals surface area (Å²) in [5.41, 5.74) is 0.914. The Balaban J connectivity index is 2.05. The molecule has 2 rings (SSSR count). The predicted octanol–water partition coefficient (Wildman–Crippen LogP) is 2.31. The molecule has 7 nitrogen and oxygen atoms in total. The number of carbonyl (C=O) groups is 2. The van der Waals surface area contributed by atoms with Crippen LogP contribution in [0.5, 0.6) is 11.5 Å². The second-order valence-corrected chi connectivity index (χ2v) is 6.02. The van der Waals surface area contributed by atoms with Gasteiger partial charge < -0.3 is 19.1 Å². The molecule has 7 heteroatoms. The molecule has 1 atom stereocenters. The second kappa shape index (κ2) is 10.2. The summed E-state index contributed by atoms with van der Waals surface area (Å²) in [6, 6.07) is 10.7. The number of esters is 1. The number of amides is 1. The van der Waals surface area contributed by atoms with Crippen LogP contribution < -0.4 is 9.47 Å². The zero-order valence-corrected chi connectivity index (χ0v) is 15.8. The SMILES string of the molecule is COC(=O)C(C)CN(Cc1ccncc1)C(=O)COc1cccc(OC)c1. The van der Waals surface area contributed by atoms with Crippen molar-refractivity contribution >= 4 is 11.9 Å². The third-order valence-electron chi connectivity index (χ3n) is 3.98. The Bertz CT molecular complexity index is 751. The summed E-state index contributed by atoms with van der Waals surface area (Å²) in [4.78, 5) is 30.0. The van der Waals surface area contributed by atoms with Gasteiger partial charge in [0.15, 0.2) is 6.61 Å². The minimum absolute atomic E-state index is 0.147. The summed E-state index contributed by atoms with van der Waals surface area (Å²) in [5, 5.41) is 0. The Morgan fingerprint density at radius 2 is 1.81 bits per heavy atom. The fourth-order valence-electron chi connectivity index (χ4n) is 2.50. The van der Waals surface area contributed by atoms with Gasteiger partial charge in [-0.25, -0.2) is 0 Å². The number of aromatic nitrogens is 1. The summed E-state index contributed by atoms with van der Waals surface area (Å²) in [6.07, 6.45) is 3.32.